The Labute approximate surface area is 102 Å². The van der Waals surface area contributed by atoms with E-state index in [1.807, 2.05) is 26.8 Å². The third kappa shape index (κ3) is 2.73. The predicted octanol–water partition coefficient (Wildman–Crippen LogP) is 3.28. The number of allylic oxidation sites excluding steroid dienone is 4. The Morgan fingerprint density at radius 1 is 1.24 bits per heavy atom. The molecule has 3 nitrogen and oxygen atoms in total. The van der Waals surface area contributed by atoms with E-state index in [-0.39, 0.29) is 0 Å². The molecule has 2 atom stereocenters. The summed E-state index contributed by atoms with van der Waals surface area (Å²) in [4.78, 5) is 8.20. The highest BCUT2D eigenvalue weighted by molar-refractivity contribution is 5.29. The van der Waals surface area contributed by atoms with Crippen LogP contribution in [0.5, 0.6) is 5.75 Å². The lowest BCUT2D eigenvalue weighted by Gasteiger charge is -2.10. The first-order valence-corrected chi connectivity index (χ1v) is 6.18. The summed E-state index contributed by atoms with van der Waals surface area (Å²) in [5.41, 5.74) is 0. The fourth-order valence-corrected chi connectivity index (χ4v) is 1.85. The minimum atomic E-state index is 0.594. The molecule has 1 aromatic heterocycles. The molecule has 90 valence electrons. The van der Waals surface area contributed by atoms with E-state index in [0.29, 0.717) is 11.8 Å². The van der Waals surface area contributed by atoms with Gasteiger partial charge in [0.25, 0.3) is 0 Å². The summed E-state index contributed by atoms with van der Waals surface area (Å²) in [6, 6.07) is 0. The summed E-state index contributed by atoms with van der Waals surface area (Å²) in [5.74, 6) is 3.85. The van der Waals surface area contributed by atoms with Gasteiger partial charge in [-0.25, -0.2) is 9.97 Å². The van der Waals surface area contributed by atoms with E-state index in [1.165, 1.54) is 6.42 Å². The molecular weight excluding hydrogens is 212 g/mol. The highest BCUT2D eigenvalue weighted by Crippen LogP contribution is 2.47. The average molecular weight is 230 g/mol. The van der Waals surface area contributed by atoms with Crippen molar-refractivity contribution >= 4 is 0 Å². The van der Waals surface area contributed by atoms with Gasteiger partial charge in [-0.05, 0) is 25.3 Å². The van der Waals surface area contributed by atoms with E-state index < -0.39 is 0 Å². The lowest BCUT2D eigenvalue weighted by molar-refractivity contribution is 0.386. The number of aromatic nitrogens is 2. The van der Waals surface area contributed by atoms with Crippen molar-refractivity contribution < 1.29 is 4.74 Å². The molecule has 0 aliphatic heterocycles. The Morgan fingerprint density at radius 3 is 2.65 bits per heavy atom. The quantitative estimate of drug-likeness (QED) is 0.782. The van der Waals surface area contributed by atoms with Crippen LogP contribution in [-0.4, -0.2) is 9.97 Å². The predicted molar refractivity (Wildman–Crippen MR) is 67.6 cm³/mol. The zero-order chi connectivity index (χ0) is 12.3. The maximum Gasteiger partial charge on any atom is 0.163 e. The van der Waals surface area contributed by atoms with Crippen molar-refractivity contribution in [3.05, 3.63) is 42.2 Å². The largest absolute Gasteiger partial charge is 0.458 e. The van der Waals surface area contributed by atoms with Crippen molar-refractivity contribution in [1.82, 2.24) is 9.97 Å². The molecule has 1 saturated carbocycles. The first-order valence-electron chi connectivity index (χ1n) is 6.18. The molecule has 0 bridgehead atoms. The molecule has 0 amide bonds. The van der Waals surface area contributed by atoms with Crippen LogP contribution in [-0.2, 0) is 0 Å². The molecule has 0 spiro atoms. The summed E-state index contributed by atoms with van der Waals surface area (Å²) >= 11 is 0. The Bertz CT molecular complexity index is 434. The topological polar surface area (TPSA) is 35.0 Å². The van der Waals surface area contributed by atoms with Crippen LogP contribution in [0.25, 0.3) is 0 Å². The number of rotatable bonds is 2. The number of nitrogens with zero attached hydrogens (tertiary/aromatic N) is 2. The summed E-state index contributed by atoms with van der Waals surface area (Å²) in [6.45, 7) is 5.86. The van der Waals surface area contributed by atoms with Crippen LogP contribution in [0.15, 0.2) is 36.4 Å². The van der Waals surface area contributed by atoms with Crippen LogP contribution < -0.4 is 4.74 Å². The van der Waals surface area contributed by atoms with Crippen molar-refractivity contribution in [2.24, 2.45) is 11.8 Å². The standard InChI is InChI=1S/C12H12N2O.C2H6/c1-8-13-6-10(7-14-8)15-12-4-2-3-9-5-11(9)12;1-2/h2-4,6-7,9,11H,5H2,1H3;1-2H3. The lowest BCUT2D eigenvalue weighted by atomic mass is 10.2. The van der Waals surface area contributed by atoms with Gasteiger partial charge in [-0.1, -0.05) is 26.0 Å². The average Bonchev–Trinajstić information content (AvgIpc) is 3.15. The van der Waals surface area contributed by atoms with Crippen molar-refractivity contribution in [2.75, 3.05) is 0 Å². The van der Waals surface area contributed by atoms with E-state index in [0.717, 1.165) is 17.3 Å². The highest BCUT2D eigenvalue weighted by Gasteiger charge is 2.40. The number of hydrogen-bond acceptors (Lipinski definition) is 3. The van der Waals surface area contributed by atoms with Gasteiger partial charge in [-0.2, -0.15) is 0 Å². The highest BCUT2D eigenvalue weighted by atomic mass is 16.5. The van der Waals surface area contributed by atoms with Crippen LogP contribution in [0.3, 0.4) is 0 Å². The molecule has 1 aromatic rings. The number of aryl methyl sites for hydroxylation is 1. The summed E-state index contributed by atoms with van der Waals surface area (Å²) in [5, 5.41) is 0. The molecule has 0 saturated heterocycles. The molecule has 1 heterocycles. The van der Waals surface area contributed by atoms with Crippen molar-refractivity contribution in [3.63, 3.8) is 0 Å². The normalized spacial score (nSPS) is 24.1. The Morgan fingerprint density at radius 2 is 1.94 bits per heavy atom. The number of ether oxygens (including phenoxy) is 1. The molecule has 2 unspecified atom stereocenters. The van der Waals surface area contributed by atoms with Crippen molar-refractivity contribution in [1.29, 1.82) is 0 Å². The van der Waals surface area contributed by atoms with Gasteiger partial charge < -0.3 is 4.74 Å². The molecule has 0 N–H and O–H groups in total. The van der Waals surface area contributed by atoms with Gasteiger partial charge in [-0.15, -0.1) is 0 Å². The van der Waals surface area contributed by atoms with Crippen LogP contribution in [0.1, 0.15) is 26.1 Å². The molecule has 17 heavy (non-hydrogen) atoms. The second-order valence-electron chi connectivity index (χ2n) is 4.03. The fraction of sp³-hybridized carbons (Fsp3) is 0.429. The van der Waals surface area contributed by atoms with Gasteiger partial charge in [0.2, 0.25) is 0 Å². The maximum atomic E-state index is 5.75. The van der Waals surface area contributed by atoms with E-state index in [1.54, 1.807) is 12.4 Å². The smallest absolute Gasteiger partial charge is 0.163 e. The first-order chi connectivity index (χ1) is 8.33. The Kier molecular flexibility index (Phi) is 3.57. The zero-order valence-corrected chi connectivity index (χ0v) is 10.6. The maximum absolute atomic E-state index is 5.75. The second kappa shape index (κ2) is 5.13. The summed E-state index contributed by atoms with van der Waals surface area (Å²) in [7, 11) is 0. The number of fused-ring (bicyclic) bond motifs is 1. The lowest BCUT2D eigenvalue weighted by Crippen LogP contribution is -2.02. The molecule has 0 aromatic carbocycles. The first kappa shape index (κ1) is 11.8. The second-order valence-corrected chi connectivity index (χ2v) is 4.03. The van der Waals surface area contributed by atoms with E-state index in [2.05, 4.69) is 22.1 Å². The van der Waals surface area contributed by atoms with Gasteiger partial charge in [0, 0.05) is 5.92 Å². The van der Waals surface area contributed by atoms with Crippen molar-refractivity contribution in [3.8, 4) is 5.75 Å². The Balaban J connectivity index is 0.000000514. The number of hydrogen-bond donors (Lipinski definition) is 0. The van der Waals surface area contributed by atoms with Crippen LogP contribution in [0.2, 0.25) is 0 Å². The molecule has 0 radical (unpaired) electrons. The molecule has 1 fully saturated rings. The van der Waals surface area contributed by atoms with E-state index >= 15 is 0 Å². The van der Waals surface area contributed by atoms with Gasteiger partial charge in [0.15, 0.2) is 5.75 Å². The SMILES string of the molecule is CC.Cc1ncc(OC2=CC=CC3CC23)cn1. The fourth-order valence-electron chi connectivity index (χ4n) is 1.85. The molecule has 3 rings (SSSR count). The Hall–Kier alpha value is -1.64. The van der Waals surface area contributed by atoms with E-state index in [4.69, 9.17) is 4.74 Å². The minimum absolute atomic E-state index is 0.594. The molecule has 2 aliphatic rings. The zero-order valence-electron chi connectivity index (χ0n) is 10.6. The third-order valence-electron chi connectivity index (χ3n) is 2.82. The van der Waals surface area contributed by atoms with Crippen LogP contribution in [0, 0.1) is 18.8 Å². The molecular formula is C14H18N2O. The van der Waals surface area contributed by atoms with Gasteiger partial charge in [-0.3, -0.25) is 0 Å². The monoisotopic (exact) mass is 230 g/mol. The van der Waals surface area contributed by atoms with Crippen molar-refractivity contribution in [2.45, 2.75) is 27.2 Å². The van der Waals surface area contributed by atoms with E-state index in [9.17, 15) is 0 Å². The van der Waals surface area contributed by atoms with Gasteiger partial charge in [0.05, 0.1) is 12.4 Å². The summed E-state index contributed by atoms with van der Waals surface area (Å²) < 4.78 is 5.75. The van der Waals surface area contributed by atoms with Crippen LogP contribution >= 0.6 is 0 Å². The van der Waals surface area contributed by atoms with Gasteiger partial charge in [0.1, 0.15) is 11.6 Å². The van der Waals surface area contributed by atoms with Crippen LogP contribution in [0.4, 0.5) is 0 Å². The molecule has 2 aliphatic carbocycles. The minimum Gasteiger partial charge on any atom is -0.458 e. The van der Waals surface area contributed by atoms with Gasteiger partial charge >= 0.3 is 0 Å². The third-order valence-corrected chi connectivity index (χ3v) is 2.82. The summed E-state index contributed by atoms with van der Waals surface area (Å²) in [6.07, 6.45) is 11.0. The molecule has 3 heteroatoms.